The zero-order valence-corrected chi connectivity index (χ0v) is 12.2. The second kappa shape index (κ2) is 6.33. The van der Waals surface area contributed by atoms with Crippen molar-refractivity contribution in [3.63, 3.8) is 0 Å². The van der Waals surface area contributed by atoms with E-state index >= 15 is 0 Å². The Labute approximate surface area is 127 Å². The van der Waals surface area contributed by atoms with Crippen LogP contribution in [0.25, 0.3) is 0 Å². The first-order valence-electron chi connectivity index (χ1n) is 6.97. The van der Waals surface area contributed by atoms with Gasteiger partial charge in [-0.25, -0.2) is 9.97 Å². The molecule has 1 amide bonds. The molecule has 8 nitrogen and oxygen atoms in total. The van der Waals surface area contributed by atoms with Crippen LogP contribution in [0, 0.1) is 0 Å². The Balaban J connectivity index is 1.62. The molecule has 0 spiro atoms. The maximum Gasteiger partial charge on any atom is 0.274 e. The van der Waals surface area contributed by atoms with Crippen molar-refractivity contribution in [1.29, 1.82) is 0 Å². The SMILES string of the molecule is COc1ccc(C(=O)N2CCN(c3ncccn3)CC2)nn1. The van der Waals surface area contributed by atoms with Crippen LogP contribution in [0.1, 0.15) is 10.5 Å². The second-order valence-corrected chi connectivity index (χ2v) is 4.79. The number of amides is 1. The van der Waals surface area contributed by atoms with Crippen LogP contribution in [0.4, 0.5) is 5.95 Å². The maximum absolute atomic E-state index is 12.4. The Hall–Kier alpha value is -2.77. The number of methoxy groups -OCH3 is 1. The van der Waals surface area contributed by atoms with Gasteiger partial charge in [0.05, 0.1) is 7.11 Å². The molecule has 0 bridgehead atoms. The highest BCUT2D eigenvalue weighted by atomic mass is 16.5. The van der Waals surface area contributed by atoms with Gasteiger partial charge in [-0.05, 0) is 12.1 Å². The van der Waals surface area contributed by atoms with Crippen molar-refractivity contribution < 1.29 is 9.53 Å². The number of nitrogens with zero attached hydrogens (tertiary/aromatic N) is 6. The van der Waals surface area contributed by atoms with Crippen LogP contribution >= 0.6 is 0 Å². The molecule has 3 heterocycles. The van der Waals surface area contributed by atoms with Crippen molar-refractivity contribution in [3.8, 4) is 5.88 Å². The van der Waals surface area contributed by atoms with Crippen LogP contribution in [0.2, 0.25) is 0 Å². The number of carbonyl (C=O) groups is 1. The van der Waals surface area contributed by atoms with Gasteiger partial charge in [0.1, 0.15) is 0 Å². The molecule has 8 heteroatoms. The Morgan fingerprint density at radius 3 is 2.41 bits per heavy atom. The lowest BCUT2D eigenvalue weighted by atomic mass is 10.2. The van der Waals surface area contributed by atoms with Crippen LogP contribution in [0.3, 0.4) is 0 Å². The highest BCUT2D eigenvalue weighted by molar-refractivity contribution is 5.92. The van der Waals surface area contributed by atoms with Gasteiger partial charge in [-0.3, -0.25) is 4.79 Å². The van der Waals surface area contributed by atoms with E-state index in [9.17, 15) is 4.79 Å². The number of piperazine rings is 1. The Bertz CT molecular complexity index is 626. The summed E-state index contributed by atoms with van der Waals surface area (Å²) in [5.41, 5.74) is 0.324. The van der Waals surface area contributed by atoms with E-state index in [-0.39, 0.29) is 5.91 Å². The highest BCUT2D eigenvalue weighted by Gasteiger charge is 2.24. The molecule has 1 aliphatic rings. The number of ether oxygens (including phenoxy) is 1. The molecular weight excluding hydrogens is 284 g/mol. The molecule has 1 aliphatic heterocycles. The first kappa shape index (κ1) is 14.2. The molecule has 1 fully saturated rings. The summed E-state index contributed by atoms with van der Waals surface area (Å²) in [5.74, 6) is 0.963. The molecule has 3 rings (SSSR count). The van der Waals surface area contributed by atoms with E-state index in [1.165, 1.54) is 7.11 Å². The molecule has 0 atom stereocenters. The van der Waals surface area contributed by atoms with Crippen LogP contribution in [-0.2, 0) is 0 Å². The lowest BCUT2D eigenvalue weighted by Crippen LogP contribution is -2.49. The predicted molar refractivity (Wildman–Crippen MR) is 78.7 cm³/mol. The topological polar surface area (TPSA) is 84.3 Å². The smallest absolute Gasteiger partial charge is 0.274 e. The summed E-state index contributed by atoms with van der Waals surface area (Å²) in [6.07, 6.45) is 3.43. The van der Waals surface area contributed by atoms with Crippen molar-refractivity contribution >= 4 is 11.9 Å². The lowest BCUT2D eigenvalue weighted by molar-refractivity contribution is 0.0739. The monoisotopic (exact) mass is 300 g/mol. The van der Waals surface area contributed by atoms with Crippen molar-refractivity contribution in [1.82, 2.24) is 25.1 Å². The highest BCUT2D eigenvalue weighted by Crippen LogP contribution is 2.12. The third kappa shape index (κ3) is 2.95. The Morgan fingerprint density at radius 2 is 1.82 bits per heavy atom. The third-order valence-corrected chi connectivity index (χ3v) is 3.47. The fourth-order valence-electron chi connectivity index (χ4n) is 2.27. The number of aromatic nitrogens is 4. The minimum Gasteiger partial charge on any atom is -0.480 e. The van der Waals surface area contributed by atoms with E-state index < -0.39 is 0 Å². The number of carbonyl (C=O) groups excluding carboxylic acids is 1. The van der Waals surface area contributed by atoms with E-state index in [1.807, 2.05) is 0 Å². The Kier molecular flexibility index (Phi) is 4.08. The van der Waals surface area contributed by atoms with Gasteiger partial charge in [0.25, 0.3) is 5.91 Å². The molecule has 2 aromatic heterocycles. The number of hydrogen-bond donors (Lipinski definition) is 0. The van der Waals surface area contributed by atoms with Crippen molar-refractivity contribution in [3.05, 3.63) is 36.3 Å². The van der Waals surface area contributed by atoms with E-state index in [4.69, 9.17) is 4.74 Å². The van der Waals surface area contributed by atoms with Crippen molar-refractivity contribution in [2.75, 3.05) is 38.2 Å². The Morgan fingerprint density at radius 1 is 1.09 bits per heavy atom. The first-order valence-corrected chi connectivity index (χ1v) is 6.97. The molecule has 1 saturated heterocycles. The van der Waals surface area contributed by atoms with Gasteiger partial charge in [-0.15, -0.1) is 10.2 Å². The minimum absolute atomic E-state index is 0.121. The zero-order chi connectivity index (χ0) is 15.4. The third-order valence-electron chi connectivity index (χ3n) is 3.47. The van der Waals surface area contributed by atoms with Gasteiger partial charge in [-0.1, -0.05) is 0 Å². The van der Waals surface area contributed by atoms with Crippen molar-refractivity contribution in [2.45, 2.75) is 0 Å². The van der Waals surface area contributed by atoms with Crippen LogP contribution in [-0.4, -0.2) is 64.3 Å². The first-order chi connectivity index (χ1) is 10.8. The van der Waals surface area contributed by atoms with E-state index in [2.05, 4.69) is 25.1 Å². The maximum atomic E-state index is 12.4. The molecule has 114 valence electrons. The average molecular weight is 300 g/mol. The number of hydrogen-bond acceptors (Lipinski definition) is 7. The fraction of sp³-hybridized carbons (Fsp3) is 0.357. The largest absolute Gasteiger partial charge is 0.480 e. The fourth-order valence-corrected chi connectivity index (χ4v) is 2.27. The summed E-state index contributed by atoms with van der Waals surface area (Å²) in [5, 5.41) is 7.72. The molecule has 0 saturated carbocycles. The van der Waals surface area contributed by atoms with Crippen molar-refractivity contribution in [2.24, 2.45) is 0 Å². The lowest BCUT2D eigenvalue weighted by Gasteiger charge is -2.34. The quantitative estimate of drug-likeness (QED) is 0.802. The predicted octanol–water partition coefficient (Wildman–Crippen LogP) is 0.238. The van der Waals surface area contributed by atoms with Gasteiger partial charge < -0.3 is 14.5 Å². The van der Waals surface area contributed by atoms with Crippen LogP contribution in [0.5, 0.6) is 5.88 Å². The van der Waals surface area contributed by atoms with Crippen LogP contribution < -0.4 is 9.64 Å². The average Bonchev–Trinajstić information content (AvgIpc) is 2.62. The molecule has 0 unspecified atom stereocenters. The van der Waals surface area contributed by atoms with E-state index in [0.29, 0.717) is 43.7 Å². The van der Waals surface area contributed by atoms with E-state index in [1.54, 1.807) is 35.5 Å². The number of anilines is 1. The van der Waals surface area contributed by atoms with Gasteiger partial charge >= 0.3 is 0 Å². The van der Waals surface area contributed by atoms with Crippen LogP contribution in [0.15, 0.2) is 30.6 Å². The molecule has 2 aromatic rings. The summed E-state index contributed by atoms with van der Waals surface area (Å²) in [4.78, 5) is 24.6. The molecule has 0 aliphatic carbocycles. The normalized spacial score (nSPS) is 14.8. The standard InChI is InChI=1S/C14H16N6O2/c1-22-12-4-3-11(17-18-12)13(21)19-7-9-20(10-8-19)14-15-5-2-6-16-14/h2-6H,7-10H2,1H3. The molecular formula is C14H16N6O2. The zero-order valence-electron chi connectivity index (χ0n) is 12.2. The molecule has 0 N–H and O–H groups in total. The van der Waals surface area contributed by atoms with E-state index in [0.717, 1.165) is 0 Å². The molecule has 0 aromatic carbocycles. The van der Waals surface area contributed by atoms with Gasteiger partial charge in [0, 0.05) is 44.6 Å². The number of rotatable bonds is 3. The van der Waals surface area contributed by atoms with Gasteiger partial charge in [0.15, 0.2) is 5.69 Å². The summed E-state index contributed by atoms with van der Waals surface area (Å²) < 4.78 is 4.94. The minimum atomic E-state index is -0.121. The molecule has 0 radical (unpaired) electrons. The van der Waals surface area contributed by atoms with Gasteiger partial charge in [-0.2, -0.15) is 0 Å². The molecule has 22 heavy (non-hydrogen) atoms. The summed E-state index contributed by atoms with van der Waals surface area (Å²) in [6.45, 7) is 2.59. The summed E-state index contributed by atoms with van der Waals surface area (Å²) in [7, 11) is 1.51. The summed E-state index contributed by atoms with van der Waals surface area (Å²) >= 11 is 0. The van der Waals surface area contributed by atoms with Gasteiger partial charge in [0.2, 0.25) is 11.8 Å². The summed E-state index contributed by atoms with van der Waals surface area (Å²) in [6, 6.07) is 5.04. The second-order valence-electron chi connectivity index (χ2n) is 4.79.